The molecule has 0 saturated carbocycles. The maximum absolute atomic E-state index is 12.9. The van der Waals surface area contributed by atoms with Gasteiger partial charge in [-0.3, -0.25) is 9.59 Å². The van der Waals surface area contributed by atoms with Crippen molar-refractivity contribution in [3.8, 4) is 0 Å². The van der Waals surface area contributed by atoms with E-state index >= 15 is 0 Å². The van der Waals surface area contributed by atoms with Crippen LogP contribution in [0.15, 0.2) is 134 Å². The number of carboxylic acid groups (broad SMARTS) is 1. The van der Waals surface area contributed by atoms with Crippen molar-refractivity contribution in [2.45, 2.75) is 257 Å². The average Bonchev–Trinajstić information content (AvgIpc) is 3.44. The van der Waals surface area contributed by atoms with Gasteiger partial charge in [0.05, 0.1) is 34.4 Å². The van der Waals surface area contributed by atoms with Gasteiger partial charge in [-0.1, -0.05) is 250 Å². The van der Waals surface area contributed by atoms with Crippen LogP contribution < -0.4 is 0 Å². The lowest BCUT2D eigenvalue weighted by Crippen LogP contribution is -2.40. The Morgan fingerprint density at radius 1 is 0.383 bits per heavy atom. The smallest absolute Gasteiger partial charge is 0.361 e. The second kappa shape index (κ2) is 61.5. The molecule has 0 aromatic heterocycles. The zero-order chi connectivity index (χ0) is 59.1. The molecule has 0 spiro atoms. The van der Waals surface area contributed by atoms with Crippen LogP contribution in [0.5, 0.6) is 0 Å². The van der Waals surface area contributed by atoms with Crippen molar-refractivity contribution in [3.63, 3.8) is 0 Å². The lowest BCUT2D eigenvalue weighted by molar-refractivity contribution is -0.870. The van der Waals surface area contributed by atoms with E-state index in [-0.39, 0.29) is 38.6 Å². The van der Waals surface area contributed by atoms with E-state index in [0.29, 0.717) is 17.4 Å². The molecule has 0 rings (SSSR count). The van der Waals surface area contributed by atoms with Crippen molar-refractivity contribution in [2.24, 2.45) is 0 Å². The summed E-state index contributed by atoms with van der Waals surface area (Å²) in [6, 6.07) is 0. The van der Waals surface area contributed by atoms with E-state index in [9.17, 15) is 19.5 Å². The number of hydrogen-bond donors (Lipinski definition) is 1. The minimum atomic E-state index is -1.52. The van der Waals surface area contributed by atoms with Crippen LogP contribution in [0, 0.1) is 0 Å². The number of likely N-dealkylation sites (N-methyl/N-ethyl adjacent to an activating group) is 1. The summed E-state index contributed by atoms with van der Waals surface area (Å²) >= 11 is 0. The second-order valence-electron chi connectivity index (χ2n) is 22.3. The molecule has 0 aromatic rings. The van der Waals surface area contributed by atoms with E-state index in [1.807, 2.05) is 21.1 Å². The van der Waals surface area contributed by atoms with E-state index in [2.05, 4.69) is 148 Å². The number of unbranched alkanes of at least 4 members (excludes halogenated alkanes) is 21. The number of ether oxygens (including phenoxy) is 4. The van der Waals surface area contributed by atoms with Crippen LogP contribution in [0.1, 0.15) is 245 Å². The maximum atomic E-state index is 12.9. The Balaban J connectivity index is 4.20. The summed E-state index contributed by atoms with van der Waals surface area (Å²) in [6.07, 6.45) is 85.4. The fourth-order valence-corrected chi connectivity index (χ4v) is 8.45. The molecule has 0 aliphatic heterocycles. The van der Waals surface area contributed by atoms with Crippen LogP contribution in [0.3, 0.4) is 0 Å². The van der Waals surface area contributed by atoms with E-state index in [1.165, 1.54) is 103 Å². The molecule has 2 unspecified atom stereocenters. The van der Waals surface area contributed by atoms with Gasteiger partial charge in [0.2, 0.25) is 0 Å². The Labute approximate surface area is 497 Å². The number of rotatable bonds is 58. The minimum Gasteiger partial charge on any atom is -0.477 e. The van der Waals surface area contributed by atoms with Gasteiger partial charge in [0.25, 0.3) is 6.29 Å². The van der Waals surface area contributed by atoms with Gasteiger partial charge in [-0.15, -0.1) is 0 Å². The summed E-state index contributed by atoms with van der Waals surface area (Å²) in [5.41, 5.74) is 0. The van der Waals surface area contributed by atoms with Gasteiger partial charge in [0.15, 0.2) is 6.10 Å². The van der Waals surface area contributed by atoms with Crippen molar-refractivity contribution >= 4 is 17.9 Å². The molecule has 0 amide bonds. The maximum Gasteiger partial charge on any atom is 0.361 e. The lowest BCUT2D eigenvalue weighted by atomic mass is 10.1. The van der Waals surface area contributed by atoms with Crippen molar-refractivity contribution in [3.05, 3.63) is 134 Å². The number of carbonyl (C=O) groups excluding carboxylic acids is 2. The van der Waals surface area contributed by atoms with Crippen LogP contribution >= 0.6 is 0 Å². The van der Waals surface area contributed by atoms with Gasteiger partial charge in [-0.25, -0.2) is 4.79 Å². The first kappa shape index (κ1) is 76.4. The van der Waals surface area contributed by atoms with E-state index in [1.54, 1.807) is 0 Å². The monoisotopic (exact) mass is 1130 g/mol. The molecule has 9 heteroatoms. The fourth-order valence-electron chi connectivity index (χ4n) is 8.45. The topological polar surface area (TPSA) is 108 Å². The van der Waals surface area contributed by atoms with Crippen molar-refractivity contribution in [1.82, 2.24) is 0 Å². The van der Waals surface area contributed by atoms with Crippen LogP contribution in [0.25, 0.3) is 0 Å². The highest BCUT2D eigenvalue weighted by Crippen LogP contribution is 2.15. The number of nitrogens with zero attached hydrogens (tertiary/aromatic N) is 1. The Morgan fingerprint density at radius 2 is 0.704 bits per heavy atom. The van der Waals surface area contributed by atoms with Crippen LogP contribution in [0.4, 0.5) is 0 Å². The third-order valence-corrected chi connectivity index (χ3v) is 13.4. The number of hydrogen-bond acceptors (Lipinski definition) is 7. The molecule has 0 saturated heterocycles. The van der Waals surface area contributed by atoms with Gasteiger partial charge in [-0.05, 0) is 116 Å². The third kappa shape index (κ3) is 62.9. The largest absolute Gasteiger partial charge is 0.477 e. The molecular formula is C72H120NO8+. The molecule has 0 radical (unpaired) electrons. The first-order chi connectivity index (χ1) is 39.6. The summed E-state index contributed by atoms with van der Waals surface area (Å²) in [7, 11) is 5.96. The van der Waals surface area contributed by atoms with E-state index < -0.39 is 24.3 Å². The molecule has 0 heterocycles. The van der Waals surface area contributed by atoms with Crippen molar-refractivity contribution in [2.75, 3.05) is 47.5 Å². The van der Waals surface area contributed by atoms with Gasteiger partial charge in [0, 0.05) is 12.8 Å². The first-order valence-corrected chi connectivity index (χ1v) is 32.3. The van der Waals surface area contributed by atoms with Gasteiger partial charge in [-0.2, -0.15) is 0 Å². The average molecular weight is 1130 g/mol. The number of carboxylic acids is 1. The molecule has 9 nitrogen and oxygen atoms in total. The highest BCUT2D eigenvalue weighted by molar-refractivity contribution is 5.71. The molecule has 0 aliphatic carbocycles. The highest BCUT2D eigenvalue weighted by atomic mass is 16.7. The number of aliphatic carboxylic acids is 1. The van der Waals surface area contributed by atoms with Gasteiger partial charge >= 0.3 is 17.9 Å². The quantitative estimate of drug-likeness (QED) is 0.0211. The molecule has 0 aromatic carbocycles. The first-order valence-electron chi connectivity index (χ1n) is 32.3. The SMILES string of the molecule is CC/C=C\C/C=C\C/C=C\C/C=C\C/C=C\C/C=C\C/C=C\C/C=C\C/C=C\CCCCCCCCCCCC(=O)OC(COC(=O)CCCCCCCCCCC/C=C\C/C=C\CCCCC)COC(OCC[N+](C)(C)C)C(=O)O. The van der Waals surface area contributed by atoms with Crippen molar-refractivity contribution < 1.29 is 42.9 Å². The van der Waals surface area contributed by atoms with E-state index in [0.717, 1.165) is 109 Å². The zero-order valence-electron chi connectivity index (χ0n) is 52.4. The minimum absolute atomic E-state index is 0.179. The van der Waals surface area contributed by atoms with Crippen LogP contribution in [-0.2, 0) is 33.3 Å². The Hall–Kier alpha value is -4.57. The molecule has 81 heavy (non-hydrogen) atoms. The molecule has 460 valence electrons. The summed E-state index contributed by atoms with van der Waals surface area (Å²) in [6.45, 7) is 4.72. The summed E-state index contributed by atoms with van der Waals surface area (Å²) < 4.78 is 22.9. The fraction of sp³-hybridized carbons (Fsp3) is 0.653. The summed E-state index contributed by atoms with van der Waals surface area (Å²) in [5.74, 6) is -2.03. The highest BCUT2D eigenvalue weighted by Gasteiger charge is 2.25. The molecule has 0 fully saturated rings. The Kier molecular flexibility index (Phi) is 58.0. The number of carbonyl (C=O) groups is 3. The molecular weight excluding hydrogens is 1010 g/mol. The van der Waals surface area contributed by atoms with Crippen molar-refractivity contribution in [1.29, 1.82) is 0 Å². The standard InChI is InChI=1S/C72H119NO8/c1-6-8-10-12-14-16-18-20-22-24-26-27-28-29-30-31-32-33-34-35-36-37-38-39-40-41-42-43-45-47-49-51-53-55-57-59-61-63-70(75)81-68(67-80-72(71(76)77)78-65-64-73(3,4)5)66-79-69(74)62-60-58-56-54-52-50-48-46-44-25-23-21-19-17-15-13-11-9-7-2/h8,10,14-17,20-23,26-27,29-30,32-33,35-36,38-39,41-42,68,72H,6-7,9,11-13,18-19,24-25,28,31,34,37,40,43-67H2,1-5H3/p+1/b10-8-,16-14-,17-15-,22-20-,23-21-,27-26-,30-29-,33-32-,36-35-,39-38-,42-41-. The lowest BCUT2D eigenvalue weighted by Gasteiger charge is -2.25. The predicted molar refractivity (Wildman–Crippen MR) is 345 cm³/mol. The normalized spacial score (nSPS) is 13.6. The molecule has 2 atom stereocenters. The number of quaternary nitrogens is 1. The molecule has 0 bridgehead atoms. The summed E-state index contributed by atoms with van der Waals surface area (Å²) in [4.78, 5) is 37.5. The predicted octanol–water partition coefficient (Wildman–Crippen LogP) is 19.8. The third-order valence-electron chi connectivity index (χ3n) is 13.4. The van der Waals surface area contributed by atoms with Gasteiger partial charge in [0.1, 0.15) is 13.2 Å². The molecule has 0 aliphatic rings. The number of esters is 2. The summed E-state index contributed by atoms with van der Waals surface area (Å²) in [5, 5.41) is 9.72. The Morgan fingerprint density at radius 3 is 1.05 bits per heavy atom. The van der Waals surface area contributed by atoms with E-state index in [4.69, 9.17) is 18.9 Å². The van der Waals surface area contributed by atoms with Crippen LogP contribution in [-0.4, -0.2) is 87.4 Å². The van der Waals surface area contributed by atoms with Crippen LogP contribution in [0.2, 0.25) is 0 Å². The second-order valence-corrected chi connectivity index (χ2v) is 22.3. The number of allylic oxidation sites excluding steroid dienone is 22. The molecule has 1 N–H and O–H groups in total. The Bertz CT molecular complexity index is 1790. The van der Waals surface area contributed by atoms with Gasteiger partial charge < -0.3 is 28.5 Å². The zero-order valence-corrected chi connectivity index (χ0v) is 52.4.